The first-order chi connectivity index (χ1) is 13.6. The van der Waals surface area contributed by atoms with Crippen LogP contribution in [0.2, 0.25) is 0 Å². The Labute approximate surface area is 165 Å². The lowest BCUT2D eigenvalue weighted by Gasteiger charge is -2.22. The molecule has 0 unspecified atom stereocenters. The van der Waals surface area contributed by atoms with Gasteiger partial charge in [-0.2, -0.15) is 5.10 Å². The van der Waals surface area contributed by atoms with E-state index in [2.05, 4.69) is 36.2 Å². The summed E-state index contributed by atoms with van der Waals surface area (Å²) >= 11 is 0. The number of hydrazone groups is 1. The van der Waals surface area contributed by atoms with E-state index in [-0.39, 0.29) is 17.9 Å². The Balaban J connectivity index is 1.71. The zero-order valence-electron chi connectivity index (χ0n) is 16.5. The molecule has 0 radical (unpaired) electrons. The fourth-order valence-electron chi connectivity index (χ4n) is 3.45. The zero-order valence-corrected chi connectivity index (χ0v) is 16.5. The number of rotatable bonds is 4. The van der Waals surface area contributed by atoms with Crippen molar-refractivity contribution in [2.24, 2.45) is 11.0 Å². The molecule has 0 N–H and O–H groups in total. The van der Waals surface area contributed by atoms with Crippen molar-refractivity contribution >= 4 is 22.7 Å². The molecule has 1 aromatic heterocycles. The summed E-state index contributed by atoms with van der Waals surface area (Å²) in [6, 6.07) is 16.0. The van der Waals surface area contributed by atoms with Gasteiger partial charge in [0.1, 0.15) is 6.04 Å². The molecule has 0 saturated heterocycles. The number of amides is 1. The van der Waals surface area contributed by atoms with Crippen LogP contribution < -0.4 is 0 Å². The van der Waals surface area contributed by atoms with Crippen LogP contribution >= 0.6 is 0 Å². The average molecular weight is 372 g/mol. The number of para-hydroxylation sites is 2. The van der Waals surface area contributed by atoms with Crippen molar-refractivity contribution in [3.05, 3.63) is 71.5 Å². The highest BCUT2D eigenvalue weighted by molar-refractivity contribution is 6.03. The quantitative estimate of drug-likeness (QED) is 0.676. The number of aromatic nitrogens is 2. The van der Waals surface area contributed by atoms with Gasteiger partial charge in [-0.1, -0.05) is 57.2 Å². The van der Waals surface area contributed by atoms with Crippen LogP contribution in [0.3, 0.4) is 0 Å². The lowest BCUT2D eigenvalue weighted by molar-refractivity contribution is -0.136. The van der Waals surface area contributed by atoms with E-state index in [1.165, 1.54) is 5.56 Å². The molecule has 4 rings (SSSR count). The van der Waals surface area contributed by atoms with Gasteiger partial charge in [-0.15, -0.1) is 0 Å². The SMILES string of the molecule is CCc1ccc(C2=NN(C(=O)C(C)C)[C@H](c3cnc4ccccc4n3)C2)cc1. The second-order valence-corrected chi connectivity index (χ2v) is 7.44. The highest BCUT2D eigenvalue weighted by atomic mass is 16.2. The maximum absolute atomic E-state index is 12.8. The van der Waals surface area contributed by atoms with E-state index in [0.29, 0.717) is 6.42 Å². The number of hydrogen-bond acceptors (Lipinski definition) is 4. The lowest BCUT2D eigenvalue weighted by atomic mass is 10.00. The standard InChI is InChI=1S/C23H24N4O/c1-4-16-9-11-17(12-10-16)20-13-22(27(26-20)23(28)15(2)3)21-14-24-18-7-5-6-8-19(18)25-21/h5-12,14-15,22H,4,13H2,1-3H3/t22-/m0/s1. The lowest BCUT2D eigenvalue weighted by Crippen LogP contribution is -2.31. The highest BCUT2D eigenvalue weighted by Gasteiger charge is 2.35. The van der Waals surface area contributed by atoms with E-state index in [1.807, 2.05) is 38.1 Å². The molecule has 0 saturated carbocycles. The van der Waals surface area contributed by atoms with Gasteiger partial charge in [0.25, 0.3) is 0 Å². The van der Waals surface area contributed by atoms with Gasteiger partial charge in [-0.3, -0.25) is 9.78 Å². The molecule has 5 nitrogen and oxygen atoms in total. The minimum absolute atomic E-state index is 0.000127. The van der Waals surface area contributed by atoms with E-state index < -0.39 is 0 Å². The predicted octanol–water partition coefficient (Wildman–Crippen LogP) is 4.53. The van der Waals surface area contributed by atoms with Crippen LogP contribution in [0.15, 0.2) is 59.8 Å². The molecule has 1 atom stereocenters. The van der Waals surface area contributed by atoms with Gasteiger partial charge in [0.15, 0.2) is 0 Å². The van der Waals surface area contributed by atoms with Crippen molar-refractivity contribution in [3.8, 4) is 0 Å². The summed E-state index contributed by atoms with van der Waals surface area (Å²) in [6.07, 6.45) is 3.41. The predicted molar refractivity (Wildman–Crippen MR) is 111 cm³/mol. The number of benzene rings is 2. The first kappa shape index (κ1) is 18.3. The Bertz CT molecular complexity index is 1040. The van der Waals surface area contributed by atoms with Crippen LogP contribution in [0.25, 0.3) is 11.0 Å². The summed E-state index contributed by atoms with van der Waals surface area (Å²) in [5.74, 6) is -0.137. The van der Waals surface area contributed by atoms with Crippen LogP contribution in [-0.4, -0.2) is 26.6 Å². The third-order valence-electron chi connectivity index (χ3n) is 5.13. The zero-order chi connectivity index (χ0) is 19.7. The number of fused-ring (bicyclic) bond motifs is 1. The van der Waals surface area contributed by atoms with Crippen LogP contribution in [0.5, 0.6) is 0 Å². The Kier molecular flexibility index (Phi) is 4.90. The summed E-state index contributed by atoms with van der Waals surface area (Å²) in [6.45, 7) is 5.93. The van der Waals surface area contributed by atoms with E-state index >= 15 is 0 Å². The largest absolute Gasteiger partial charge is 0.273 e. The van der Waals surface area contributed by atoms with Gasteiger partial charge in [0, 0.05) is 12.3 Å². The minimum atomic E-state index is -0.229. The smallest absolute Gasteiger partial charge is 0.245 e. The topological polar surface area (TPSA) is 58.5 Å². The Hall–Kier alpha value is -3.08. The molecule has 1 amide bonds. The maximum atomic E-state index is 12.8. The molecule has 142 valence electrons. The number of nitrogens with zero attached hydrogens (tertiary/aromatic N) is 4. The summed E-state index contributed by atoms with van der Waals surface area (Å²) in [7, 11) is 0. The fraction of sp³-hybridized carbons (Fsp3) is 0.304. The van der Waals surface area contributed by atoms with E-state index in [9.17, 15) is 4.79 Å². The number of carbonyl (C=O) groups is 1. The number of carbonyl (C=O) groups excluding carboxylic acids is 1. The van der Waals surface area contributed by atoms with E-state index in [1.54, 1.807) is 11.2 Å². The first-order valence-corrected chi connectivity index (χ1v) is 9.78. The van der Waals surface area contributed by atoms with Gasteiger partial charge in [-0.25, -0.2) is 9.99 Å². The molecule has 28 heavy (non-hydrogen) atoms. The Morgan fingerprint density at radius 2 is 1.82 bits per heavy atom. The third-order valence-corrected chi connectivity index (χ3v) is 5.13. The van der Waals surface area contributed by atoms with Crippen LogP contribution in [-0.2, 0) is 11.2 Å². The molecule has 2 aromatic carbocycles. The second-order valence-electron chi connectivity index (χ2n) is 7.44. The minimum Gasteiger partial charge on any atom is -0.273 e. The molecule has 3 aromatic rings. The van der Waals surface area contributed by atoms with Crippen molar-refractivity contribution in [1.29, 1.82) is 0 Å². The van der Waals surface area contributed by atoms with E-state index in [4.69, 9.17) is 10.1 Å². The van der Waals surface area contributed by atoms with E-state index in [0.717, 1.165) is 34.4 Å². The summed E-state index contributed by atoms with van der Waals surface area (Å²) in [4.78, 5) is 22.1. The number of aryl methyl sites for hydroxylation is 1. The molecule has 0 bridgehead atoms. The van der Waals surface area contributed by atoms with Crippen LogP contribution in [0.4, 0.5) is 0 Å². The molecule has 5 heteroatoms. The summed E-state index contributed by atoms with van der Waals surface area (Å²) < 4.78 is 0. The van der Waals surface area contributed by atoms with Gasteiger partial charge >= 0.3 is 0 Å². The van der Waals surface area contributed by atoms with Gasteiger partial charge < -0.3 is 0 Å². The van der Waals surface area contributed by atoms with Crippen molar-refractivity contribution in [3.63, 3.8) is 0 Å². The molecule has 0 fully saturated rings. The normalized spacial score (nSPS) is 16.6. The molecular formula is C23H24N4O. The average Bonchev–Trinajstić information content (AvgIpc) is 3.18. The first-order valence-electron chi connectivity index (χ1n) is 9.78. The maximum Gasteiger partial charge on any atom is 0.245 e. The highest BCUT2D eigenvalue weighted by Crippen LogP contribution is 2.33. The van der Waals surface area contributed by atoms with Gasteiger partial charge in [0.2, 0.25) is 5.91 Å². The fourth-order valence-corrected chi connectivity index (χ4v) is 3.45. The van der Waals surface area contributed by atoms with Crippen molar-refractivity contribution in [2.75, 3.05) is 0 Å². The van der Waals surface area contributed by atoms with Crippen molar-refractivity contribution in [2.45, 2.75) is 39.7 Å². The molecule has 0 aliphatic carbocycles. The molecule has 1 aliphatic heterocycles. The molecule has 0 spiro atoms. The third kappa shape index (κ3) is 3.40. The second kappa shape index (κ2) is 7.50. The van der Waals surface area contributed by atoms with Crippen molar-refractivity contribution < 1.29 is 4.79 Å². The van der Waals surface area contributed by atoms with Crippen molar-refractivity contribution in [1.82, 2.24) is 15.0 Å². The summed E-state index contributed by atoms with van der Waals surface area (Å²) in [5, 5.41) is 6.31. The Morgan fingerprint density at radius 3 is 2.50 bits per heavy atom. The molecule has 1 aliphatic rings. The molecular weight excluding hydrogens is 348 g/mol. The Morgan fingerprint density at radius 1 is 1.11 bits per heavy atom. The number of hydrogen-bond donors (Lipinski definition) is 0. The van der Waals surface area contributed by atoms with Crippen LogP contribution in [0.1, 0.15) is 50.1 Å². The van der Waals surface area contributed by atoms with Gasteiger partial charge in [0.05, 0.1) is 28.6 Å². The van der Waals surface area contributed by atoms with Crippen LogP contribution in [0, 0.1) is 5.92 Å². The molecule has 2 heterocycles. The summed E-state index contributed by atoms with van der Waals surface area (Å²) in [5.41, 5.74) is 5.71. The van der Waals surface area contributed by atoms with Gasteiger partial charge in [-0.05, 0) is 29.7 Å². The monoisotopic (exact) mass is 372 g/mol.